The van der Waals surface area contributed by atoms with E-state index in [4.69, 9.17) is 0 Å². The summed E-state index contributed by atoms with van der Waals surface area (Å²) in [5, 5.41) is 7.25. The van der Waals surface area contributed by atoms with Crippen LogP contribution in [0.5, 0.6) is 0 Å². The molecule has 2 rings (SSSR count). The molecule has 8 nitrogen and oxygen atoms in total. The number of benzene rings is 1. The second-order valence-electron chi connectivity index (χ2n) is 6.95. The van der Waals surface area contributed by atoms with Crippen molar-refractivity contribution in [3.8, 4) is 0 Å². The minimum Gasteiger partial charge on any atom is -0.323 e. The van der Waals surface area contributed by atoms with Crippen molar-refractivity contribution < 1.29 is 19.2 Å². The second-order valence-corrected chi connectivity index (χ2v) is 6.95. The standard InChI is InChI=1S/C18H24N4O4/c1-12(2)9-10-18(3)15(24)22(17(26)21-18)11-14(23)20-16(25)19-13-7-5-4-6-8-13/h4-8,12H,9-11H2,1-3H3,(H,21,26)(H2,19,20,23,25)/t18-/m0/s1. The normalized spacial score (nSPS) is 19.5. The monoisotopic (exact) mass is 360 g/mol. The fraction of sp³-hybridized carbons (Fsp3) is 0.444. The van der Waals surface area contributed by atoms with E-state index in [1.54, 1.807) is 37.3 Å². The highest BCUT2D eigenvalue weighted by Gasteiger charge is 2.47. The zero-order valence-electron chi connectivity index (χ0n) is 15.2. The van der Waals surface area contributed by atoms with Gasteiger partial charge in [0.15, 0.2) is 0 Å². The molecule has 0 spiro atoms. The minimum absolute atomic E-state index is 0.385. The van der Waals surface area contributed by atoms with Gasteiger partial charge in [-0.1, -0.05) is 32.0 Å². The van der Waals surface area contributed by atoms with E-state index in [9.17, 15) is 19.2 Å². The van der Waals surface area contributed by atoms with Crippen molar-refractivity contribution in [3.05, 3.63) is 30.3 Å². The van der Waals surface area contributed by atoms with Gasteiger partial charge in [0, 0.05) is 5.69 Å². The van der Waals surface area contributed by atoms with Crippen LogP contribution in [0.25, 0.3) is 0 Å². The molecule has 1 aromatic rings. The topological polar surface area (TPSA) is 108 Å². The lowest BCUT2D eigenvalue weighted by Crippen LogP contribution is -2.46. The van der Waals surface area contributed by atoms with Crippen LogP contribution in [0.2, 0.25) is 0 Å². The van der Waals surface area contributed by atoms with Crippen molar-refractivity contribution in [2.75, 3.05) is 11.9 Å². The molecule has 1 saturated heterocycles. The van der Waals surface area contributed by atoms with Crippen LogP contribution in [0.15, 0.2) is 30.3 Å². The van der Waals surface area contributed by atoms with Crippen molar-refractivity contribution in [1.82, 2.24) is 15.5 Å². The fourth-order valence-electron chi connectivity index (χ4n) is 2.63. The smallest absolute Gasteiger partial charge is 0.323 e. The van der Waals surface area contributed by atoms with E-state index in [1.165, 1.54) is 0 Å². The molecule has 8 heteroatoms. The van der Waals surface area contributed by atoms with Gasteiger partial charge in [-0.2, -0.15) is 0 Å². The second kappa shape index (κ2) is 7.99. The third kappa shape index (κ3) is 4.81. The predicted octanol–water partition coefficient (Wildman–Crippen LogP) is 2.08. The largest absolute Gasteiger partial charge is 0.325 e. The van der Waals surface area contributed by atoms with E-state index in [2.05, 4.69) is 16.0 Å². The van der Waals surface area contributed by atoms with Crippen LogP contribution < -0.4 is 16.0 Å². The summed E-state index contributed by atoms with van der Waals surface area (Å²) in [5.41, 5.74) is -0.498. The third-order valence-electron chi connectivity index (χ3n) is 4.15. The molecule has 1 atom stereocenters. The van der Waals surface area contributed by atoms with E-state index in [0.717, 1.165) is 11.3 Å². The molecule has 0 saturated carbocycles. The summed E-state index contributed by atoms with van der Waals surface area (Å²) >= 11 is 0. The Labute approximate surface area is 152 Å². The molecule has 1 aliphatic rings. The summed E-state index contributed by atoms with van der Waals surface area (Å²) in [4.78, 5) is 49.3. The Morgan fingerprint density at radius 2 is 1.85 bits per heavy atom. The lowest BCUT2D eigenvalue weighted by molar-refractivity contribution is -0.134. The van der Waals surface area contributed by atoms with Gasteiger partial charge in [0.1, 0.15) is 12.1 Å². The summed E-state index contributed by atoms with van der Waals surface area (Å²) in [6, 6.07) is 7.26. The number of nitrogens with one attached hydrogen (secondary N) is 3. The molecule has 26 heavy (non-hydrogen) atoms. The Balaban J connectivity index is 1.91. The Hall–Kier alpha value is -2.90. The summed E-state index contributed by atoms with van der Waals surface area (Å²) in [7, 11) is 0. The molecule has 6 amide bonds. The summed E-state index contributed by atoms with van der Waals surface area (Å²) in [6.45, 7) is 5.20. The van der Waals surface area contributed by atoms with Gasteiger partial charge in [-0.3, -0.25) is 19.8 Å². The maximum atomic E-state index is 12.5. The fourth-order valence-corrected chi connectivity index (χ4v) is 2.63. The molecule has 0 bridgehead atoms. The minimum atomic E-state index is -1.02. The molecular formula is C18H24N4O4. The van der Waals surface area contributed by atoms with Crippen molar-refractivity contribution >= 4 is 29.6 Å². The molecule has 140 valence electrons. The van der Waals surface area contributed by atoms with Crippen LogP contribution in [0, 0.1) is 5.92 Å². The van der Waals surface area contributed by atoms with Gasteiger partial charge in [0.2, 0.25) is 5.91 Å². The van der Waals surface area contributed by atoms with Gasteiger partial charge >= 0.3 is 12.1 Å². The molecule has 0 radical (unpaired) electrons. The number of rotatable bonds is 6. The van der Waals surface area contributed by atoms with Crippen molar-refractivity contribution in [1.29, 1.82) is 0 Å². The lowest BCUT2D eigenvalue weighted by Gasteiger charge is -2.22. The number of imide groups is 2. The molecule has 0 aromatic heterocycles. The first-order valence-corrected chi connectivity index (χ1v) is 8.51. The number of urea groups is 2. The van der Waals surface area contributed by atoms with Crippen LogP contribution in [-0.2, 0) is 9.59 Å². The van der Waals surface area contributed by atoms with Gasteiger partial charge in [-0.15, -0.1) is 0 Å². The third-order valence-corrected chi connectivity index (χ3v) is 4.15. The SMILES string of the molecule is CC(C)CC[C@]1(C)NC(=O)N(CC(=O)NC(=O)Nc2ccccc2)C1=O. The summed E-state index contributed by atoms with van der Waals surface area (Å²) < 4.78 is 0. The number of anilines is 1. The number of nitrogens with zero attached hydrogens (tertiary/aromatic N) is 1. The van der Waals surface area contributed by atoms with Crippen molar-refractivity contribution in [2.45, 2.75) is 39.2 Å². The molecule has 1 aliphatic heterocycles. The number of carbonyl (C=O) groups is 4. The zero-order valence-corrected chi connectivity index (χ0v) is 15.2. The van der Waals surface area contributed by atoms with Gasteiger partial charge in [-0.25, -0.2) is 9.59 Å². The predicted molar refractivity (Wildman–Crippen MR) is 96.3 cm³/mol. The molecular weight excluding hydrogens is 336 g/mol. The first kappa shape index (κ1) is 19.4. The summed E-state index contributed by atoms with van der Waals surface area (Å²) in [5.74, 6) is -0.813. The molecule has 0 unspecified atom stereocenters. The van der Waals surface area contributed by atoms with Gasteiger partial charge in [0.25, 0.3) is 5.91 Å². The molecule has 0 aliphatic carbocycles. The van der Waals surface area contributed by atoms with Crippen LogP contribution in [0.3, 0.4) is 0 Å². The molecule has 1 aromatic carbocycles. The van der Waals surface area contributed by atoms with Crippen LogP contribution >= 0.6 is 0 Å². The highest BCUT2D eigenvalue weighted by molar-refractivity contribution is 6.10. The molecule has 1 heterocycles. The van der Waals surface area contributed by atoms with E-state index in [1.807, 2.05) is 13.8 Å². The Kier molecular flexibility index (Phi) is 5.97. The number of amides is 6. The molecule has 3 N–H and O–H groups in total. The van der Waals surface area contributed by atoms with Gasteiger partial charge in [-0.05, 0) is 37.8 Å². The maximum absolute atomic E-state index is 12.5. The average molecular weight is 360 g/mol. The van der Waals surface area contributed by atoms with Crippen LogP contribution in [-0.4, -0.2) is 40.9 Å². The van der Waals surface area contributed by atoms with Gasteiger partial charge < -0.3 is 10.6 Å². The van der Waals surface area contributed by atoms with Crippen molar-refractivity contribution in [2.24, 2.45) is 5.92 Å². The summed E-state index contributed by atoms with van der Waals surface area (Å²) in [6.07, 6.45) is 1.25. The first-order chi connectivity index (χ1) is 12.2. The average Bonchev–Trinajstić information content (AvgIpc) is 2.77. The molecule has 1 fully saturated rings. The number of carbonyl (C=O) groups excluding carboxylic acids is 4. The number of para-hydroxylation sites is 1. The number of hydrogen-bond acceptors (Lipinski definition) is 4. The van der Waals surface area contributed by atoms with E-state index >= 15 is 0 Å². The zero-order chi connectivity index (χ0) is 19.3. The van der Waals surface area contributed by atoms with E-state index in [0.29, 0.717) is 18.0 Å². The lowest BCUT2D eigenvalue weighted by atomic mass is 9.92. The van der Waals surface area contributed by atoms with Crippen molar-refractivity contribution in [3.63, 3.8) is 0 Å². The Bertz CT molecular complexity index is 704. The van der Waals surface area contributed by atoms with E-state index in [-0.39, 0.29) is 0 Å². The first-order valence-electron chi connectivity index (χ1n) is 8.51. The van der Waals surface area contributed by atoms with Gasteiger partial charge in [0.05, 0.1) is 0 Å². The van der Waals surface area contributed by atoms with E-state index < -0.39 is 36.0 Å². The quantitative estimate of drug-likeness (QED) is 0.675. The highest BCUT2D eigenvalue weighted by atomic mass is 16.2. The highest BCUT2D eigenvalue weighted by Crippen LogP contribution is 2.24. The Morgan fingerprint density at radius 3 is 2.46 bits per heavy atom. The van der Waals surface area contributed by atoms with Crippen LogP contribution in [0.4, 0.5) is 15.3 Å². The van der Waals surface area contributed by atoms with Crippen LogP contribution in [0.1, 0.15) is 33.6 Å². The maximum Gasteiger partial charge on any atom is 0.325 e. The Morgan fingerprint density at radius 1 is 1.19 bits per heavy atom. The number of hydrogen-bond donors (Lipinski definition) is 3.